The Morgan fingerprint density at radius 2 is 2.20 bits per heavy atom. The van der Waals surface area contributed by atoms with Gasteiger partial charge in [-0.1, -0.05) is 11.6 Å². The van der Waals surface area contributed by atoms with Crippen molar-refractivity contribution in [2.75, 3.05) is 0 Å². The number of fused-ring (bicyclic) bond motifs is 1. The van der Waals surface area contributed by atoms with Gasteiger partial charge >= 0.3 is 5.97 Å². The van der Waals surface area contributed by atoms with Gasteiger partial charge in [0.15, 0.2) is 5.75 Å². The van der Waals surface area contributed by atoms with Gasteiger partial charge in [0, 0.05) is 6.42 Å². The zero-order valence-corrected chi connectivity index (χ0v) is 8.71. The molecule has 5 heteroatoms. The molecule has 1 heterocycles. The van der Waals surface area contributed by atoms with Crippen molar-refractivity contribution in [2.24, 2.45) is 0 Å². The largest absolute Gasteiger partial charge is 0.506 e. The van der Waals surface area contributed by atoms with Crippen LogP contribution in [-0.2, 0) is 11.2 Å². The molecule has 0 amide bonds. The van der Waals surface area contributed by atoms with E-state index in [0.29, 0.717) is 12.0 Å². The van der Waals surface area contributed by atoms with Gasteiger partial charge in [0.25, 0.3) is 0 Å². The maximum absolute atomic E-state index is 11.5. The van der Waals surface area contributed by atoms with Gasteiger partial charge in [0.05, 0.1) is 0 Å². The van der Waals surface area contributed by atoms with Crippen molar-refractivity contribution < 1.29 is 19.7 Å². The van der Waals surface area contributed by atoms with E-state index < -0.39 is 11.7 Å². The Balaban J connectivity index is 2.66. The van der Waals surface area contributed by atoms with Gasteiger partial charge in [-0.15, -0.1) is 0 Å². The van der Waals surface area contributed by atoms with Crippen LogP contribution in [0, 0.1) is 0 Å². The van der Waals surface area contributed by atoms with Gasteiger partial charge in [0.2, 0.25) is 0 Å². The predicted molar refractivity (Wildman–Crippen MR) is 53.4 cm³/mol. The average molecular weight is 229 g/mol. The number of carbonyl (C=O) groups excluding carboxylic acids is 1. The monoisotopic (exact) mass is 228 g/mol. The number of rotatable bonds is 0. The van der Waals surface area contributed by atoms with E-state index in [1.165, 1.54) is 6.07 Å². The maximum atomic E-state index is 11.5. The number of ether oxygens (including phenoxy) is 1. The Morgan fingerprint density at radius 3 is 2.87 bits per heavy atom. The fourth-order valence-electron chi connectivity index (χ4n) is 1.67. The molecule has 0 aromatic heterocycles. The van der Waals surface area contributed by atoms with Crippen LogP contribution in [0.5, 0.6) is 11.5 Å². The third kappa shape index (κ3) is 1.51. The number of halogens is 1. The Morgan fingerprint density at radius 1 is 1.53 bits per heavy atom. The summed E-state index contributed by atoms with van der Waals surface area (Å²) in [7, 11) is 0. The quantitative estimate of drug-likeness (QED) is 0.665. The van der Waals surface area contributed by atoms with Gasteiger partial charge in [0.1, 0.15) is 22.4 Å². The number of aromatic hydroxyl groups is 2. The molecule has 0 fully saturated rings. The Kier molecular flexibility index (Phi) is 2.23. The van der Waals surface area contributed by atoms with Gasteiger partial charge in [-0.25, -0.2) is 4.79 Å². The molecule has 1 aliphatic heterocycles. The van der Waals surface area contributed by atoms with Crippen molar-refractivity contribution in [1.82, 2.24) is 0 Å². The van der Waals surface area contributed by atoms with Gasteiger partial charge in [-0.3, -0.25) is 0 Å². The van der Waals surface area contributed by atoms with E-state index in [9.17, 15) is 15.0 Å². The molecule has 0 saturated heterocycles. The lowest BCUT2D eigenvalue weighted by molar-refractivity contribution is 0.0297. The number of cyclic esters (lactones) is 1. The molecule has 0 aliphatic carbocycles. The van der Waals surface area contributed by atoms with Crippen LogP contribution in [0.2, 0.25) is 5.02 Å². The molecular weight excluding hydrogens is 220 g/mol. The van der Waals surface area contributed by atoms with E-state index in [4.69, 9.17) is 16.3 Å². The summed E-state index contributed by atoms with van der Waals surface area (Å²) < 4.78 is 4.95. The molecule has 4 nitrogen and oxygen atoms in total. The van der Waals surface area contributed by atoms with Crippen molar-refractivity contribution in [3.8, 4) is 11.5 Å². The van der Waals surface area contributed by atoms with Gasteiger partial charge < -0.3 is 14.9 Å². The number of esters is 1. The summed E-state index contributed by atoms with van der Waals surface area (Å²) in [5, 5.41) is 18.8. The minimum atomic E-state index is -0.608. The number of hydrogen-bond donors (Lipinski definition) is 2. The van der Waals surface area contributed by atoms with E-state index in [1.807, 2.05) is 0 Å². The second-order valence-electron chi connectivity index (χ2n) is 3.51. The molecular formula is C10H9ClO4. The first-order chi connectivity index (χ1) is 7.00. The van der Waals surface area contributed by atoms with Crippen LogP contribution in [0.1, 0.15) is 22.8 Å². The van der Waals surface area contributed by atoms with Crippen molar-refractivity contribution >= 4 is 17.6 Å². The minimum absolute atomic E-state index is 0.0518. The van der Waals surface area contributed by atoms with Crippen LogP contribution in [0.25, 0.3) is 0 Å². The second-order valence-corrected chi connectivity index (χ2v) is 3.89. The normalized spacial score (nSPS) is 19.6. The number of phenolic OH excluding ortho intramolecular Hbond substituents is 2. The number of hydrogen-bond acceptors (Lipinski definition) is 4. The first-order valence-corrected chi connectivity index (χ1v) is 4.82. The lowest BCUT2D eigenvalue weighted by atomic mass is 9.98. The molecule has 1 aromatic carbocycles. The molecule has 80 valence electrons. The Labute approximate surface area is 91.1 Å². The van der Waals surface area contributed by atoms with Gasteiger partial charge in [-0.05, 0) is 18.6 Å². The molecule has 0 spiro atoms. The van der Waals surface area contributed by atoms with E-state index >= 15 is 0 Å². The van der Waals surface area contributed by atoms with E-state index in [2.05, 4.69) is 0 Å². The summed E-state index contributed by atoms with van der Waals surface area (Å²) in [5.74, 6) is -1.25. The summed E-state index contributed by atoms with van der Waals surface area (Å²) in [6.45, 7) is 1.74. The molecule has 0 radical (unpaired) electrons. The highest BCUT2D eigenvalue weighted by Gasteiger charge is 2.29. The smallest absolute Gasteiger partial charge is 0.342 e. The van der Waals surface area contributed by atoms with Crippen LogP contribution < -0.4 is 0 Å². The standard InChI is InChI=1S/C10H9ClO4/c1-4-2-5-3-6(12)8(11)9(13)7(5)10(14)15-4/h3-4,12-13H,2H2,1H3/t4-/m0/s1. The fourth-order valence-corrected chi connectivity index (χ4v) is 1.81. The number of phenols is 2. The molecule has 2 rings (SSSR count). The molecule has 2 N–H and O–H groups in total. The SMILES string of the molecule is C[C@H]1Cc2cc(O)c(Cl)c(O)c2C(=O)O1. The second kappa shape index (κ2) is 3.31. The van der Waals surface area contributed by atoms with Crippen molar-refractivity contribution in [3.05, 3.63) is 22.2 Å². The Hall–Kier alpha value is -1.42. The van der Waals surface area contributed by atoms with E-state index in [-0.39, 0.29) is 22.4 Å². The minimum Gasteiger partial charge on any atom is -0.506 e. The zero-order valence-electron chi connectivity index (χ0n) is 7.95. The molecule has 0 saturated carbocycles. The van der Waals surface area contributed by atoms with Crippen LogP contribution in [-0.4, -0.2) is 22.3 Å². The molecule has 1 aromatic rings. The zero-order chi connectivity index (χ0) is 11.2. The third-order valence-electron chi connectivity index (χ3n) is 2.32. The predicted octanol–water partition coefficient (Wildman–Crippen LogP) is 1.85. The van der Waals surface area contributed by atoms with Gasteiger partial charge in [-0.2, -0.15) is 0 Å². The highest BCUT2D eigenvalue weighted by molar-refractivity contribution is 6.34. The summed E-state index contributed by atoms with van der Waals surface area (Å²) in [4.78, 5) is 11.5. The molecule has 0 bridgehead atoms. The Bertz CT molecular complexity index is 442. The van der Waals surface area contributed by atoms with Crippen molar-refractivity contribution in [3.63, 3.8) is 0 Å². The summed E-state index contributed by atoms with van der Waals surface area (Å²) in [5.41, 5.74) is 0.606. The average Bonchev–Trinajstić information content (AvgIpc) is 2.13. The highest BCUT2D eigenvalue weighted by Crippen LogP contribution is 2.40. The topological polar surface area (TPSA) is 66.8 Å². The van der Waals surface area contributed by atoms with E-state index in [1.54, 1.807) is 6.92 Å². The maximum Gasteiger partial charge on any atom is 0.342 e. The summed E-state index contributed by atoms with van der Waals surface area (Å²) in [6, 6.07) is 1.38. The highest BCUT2D eigenvalue weighted by atomic mass is 35.5. The summed E-state index contributed by atoms with van der Waals surface area (Å²) >= 11 is 5.61. The lowest BCUT2D eigenvalue weighted by Gasteiger charge is -2.22. The fraction of sp³-hybridized carbons (Fsp3) is 0.300. The van der Waals surface area contributed by atoms with Crippen LogP contribution in [0.4, 0.5) is 0 Å². The van der Waals surface area contributed by atoms with Crippen molar-refractivity contribution in [1.29, 1.82) is 0 Å². The molecule has 15 heavy (non-hydrogen) atoms. The molecule has 1 aliphatic rings. The first kappa shape index (κ1) is 10.1. The molecule has 1 atom stereocenters. The van der Waals surface area contributed by atoms with Crippen LogP contribution in [0.15, 0.2) is 6.07 Å². The van der Waals surface area contributed by atoms with E-state index in [0.717, 1.165) is 0 Å². The number of carbonyl (C=O) groups is 1. The van der Waals surface area contributed by atoms with Crippen molar-refractivity contribution in [2.45, 2.75) is 19.4 Å². The molecule has 0 unspecified atom stereocenters. The van der Waals surface area contributed by atoms with Crippen LogP contribution in [0.3, 0.4) is 0 Å². The lowest BCUT2D eigenvalue weighted by Crippen LogP contribution is -2.25. The summed E-state index contributed by atoms with van der Waals surface area (Å²) in [6.07, 6.45) is 0.198. The number of benzene rings is 1. The first-order valence-electron chi connectivity index (χ1n) is 4.45. The third-order valence-corrected chi connectivity index (χ3v) is 2.69. The van der Waals surface area contributed by atoms with Crippen LogP contribution >= 0.6 is 11.6 Å².